The van der Waals surface area contributed by atoms with Crippen molar-refractivity contribution in [3.63, 3.8) is 0 Å². The first-order valence-electron chi connectivity index (χ1n) is 4.92. The first kappa shape index (κ1) is 11.0. The van der Waals surface area contributed by atoms with Gasteiger partial charge in [0.2, 0.25) is 0 Å². The second-order valence-corrected chi connectivity index (χ2v) is 3.84. The van der Waals surface area contributed by atoms with E-state index in [4.69, 9.17) is 5.21 Å². The van der Waals surface area contributed by atoms with Crippen molar-refractivity contribution in [1.82, 2.24) is 0 Å². The van der Waals surface area contributed by atoms with E-state index in [1.807, 2.05) is 0 Å². The fraction of sp³-hybridized carbons (Fsp3) is 0.364. The van der Waals surface area contributed by atoms with Gasteiger partial charge in [-0.2, -0.15) is 13.2 Å². The van der Waals surface area contributed by atoms with Gasteiger partial charge >= 0.3 is 6.18 Å². The first-order valence-corrected chi connectivity index (χ1v) is 4.92. The van der Waals surface area contributed by atoms with Crippen LogP contribution in [0, 0.1) is 5.92 Å². The lowest BCUT2D eigenvalue weighted by Gasteiger charge is -2.09. The van der Waals surface area contributed by atoms with Crippen LogP contribution in [-0.2, 0) is 6.18 Å². The number of hydrogen-bond donors (Lipinski definition) is 1. The van der Waals surface area contributed by atoms with E-state index in [0.717, 1.165) is 25.0 Å². The summed E-state index contributed by atoms with van der Waals surface area (Å²) in [5, 5.41) is 11.9. The molecule has 1 aromatic carbocycles. The molecule has 16 heavy (non-hydrogen) atoms. The van der Waals surface area contributed by atoms with E-state index in [0.29, 0.717) is 11.3 Å². The van der Waals surface area contributed by atoms with Gasteiger partial charge in [0.15, 0.2) is 0 Å². The molecule has 1 saturated carbocycles. The standard InChI is InChI=1S/C11H10F3NO/c12-11(13,14)9-3-1-2-8(6-9)10(15-16)7-4-5-7/h1-3,6-7,16H,4-5H2/b15-10+. The van der Waals surface area contributed by atoms with Crippen molar-refractivity contribution in [3.05, 3.63) is 35.4 Å². The zero-order chi connectivity index (χ0) is 11.8. The third kappa shape index (κ3) is 2.18. The molecule has 1 aromatic rings. The van der Waals surface area contributed by atoms with Gasteiger partial charge in [0.05, 0.1) is 11.3 Å². The molecule has 0 aliphatic heterocycles. The maximum absolute atomic E-state index is 12.4. The van der Waals surface area contributed by atoms with Crippen LogP contribution in [0.25, 0.3) is 0 Å². The molecule has 1 aliphatic carbocycles. The highest BCUT2D eigenvalue weighted by atomic mass is 19.4. The van der Waals surface area contributed by atoms with Gasteiger partial charge in [0.1, 0.15) is 0 Å². The number of nitrogens with zero attached hydrogens (tertiary/aromatic N) is 1. The predicted molar refractivity (Wildman–Crippen MR) is 52.5 cm³/mol. The Balaban J connectivity index is 2.35. The molecule has 2 rings (SSSR count). The van der Waals surface area contributed by atoms with E-state index < -0.39 is 11.7 Å². The monoisotopic (exact) mass is 229 g/mol. The maximum Gasteiger partial charge on any atom is 0.416 e. The minimum atomic E-state index is -4.36. The molecule has 0 spiro atoms. The molecule has 0 saturated heterocycles. The number of hydrogen-bond acceptors (Lipinski definition) is 2. The van der Waals surface area contributed by atoms with Crippen LogP contribution in [0.2, 0.25) is 0 Å². The van der Waals surface area contributed by atoms with Gasteiger partial charge in [-0.15, -0.1) is 0 Å². The minimum Gasteiger partial charge on any atom is -0.411 e. The largest absolute Gasteiger partial charge is 0.416 e. The third-order valence-corrected chi connectivity index (χ3v) is 2.56. The Kier molecular flexibility index (Phi) is 2.61. The number of alkyl halides is 3. The fourth-order valence-electron chi connectivity index (χ4n) is 1.59. The van der Waals surface area contributed by atoms with Crippen LogP contribution in [0.1, 0.15) is 24.0 Å². The lowest BCUT2D eigenvalue weighted by Crippen LogP contribution is -2.09. The smallest absolute Gasteiger partial charge is 0.411 e. The molecule has 0 heterocycles. The lowest BCUT2D eigenvalue weighted by molar-refractivity contribution is -0.137. The summed E-state index contributed by atoms with van der Waals surface area (Å²) in [5.74, 6) is 0.105. The van der Waals surface area contributed by atoms with Gasteiger partial charge < -0.3 is 5.21 Å². The van der Waals surface area contributed by atoms with E-state index in [9.17, 15) is 13.2 Å². The van der Waals surface area contributed by atoms with Gasteiger partial charge in [-0.1, -0.05) is 17.3 Å². The predicted octanol–water partition coefficient (Wildman–Crippen LogP) is 3.29. The summed E-state index contributed by atoms with van der Waals surface area (Å²) in [5.41, 5.74) is -0.0160. The number of rotatable bonds is 2. The molecule has 0 bridgehead atoms. The fourth-order valence-corrected chi connectivity index (χ4v) is 1.59. The second-order valence-electron chi connectivity index (χ2n) is 3.84. The molecule has 1 aliphatic rings. The summed E-state index contributed by atoms with van der Waals surface area (Å²) in [6.45, 7) is 0. The second kappa shape index (κ2) is 3.81. The molecule has 1 fully saturated rings. The van der Waals surface area contributed by atoms with Crippen LogP contribution >= 0.6 is 0 Å². The summed E-state index contributed by atoms with van der Waals surface area (Å²) >= 11 is 0. The average molecular weight is 229 g/mol. The van der Waals surface area contributed by atoms with E-state index in [-0.39, 0.29) is 5.92 Å². The van der Waals surface area contributed by atoms with E-state index >= 15 is 0 Å². The van der Waals surface area contributed by atoms with Crippen molar-refractivity contribution < 1.29 is 18.4 Å². The summed E-state index contributed by atoms with van der Waals surface area (Å²) in [4.78, 5) is 0. The minimum absolute atomic E-state index is 0.105. The SMILES string of the molecule is O/N=C(/c1cccc(C(F)(F)F)c1)C1CC1. The molecule has 5 heteroatoms. The summed E-state index contributed by atoms with van der Waals surface area (Å²) in [6, 6.07) is 4.88. The van der Waals surface area contributed by atoms with Crippen molar-refractivity contribution >= 4 is 5.71 Å². The van der Waals surface area contributed by atoms with Crippen LogP contribution in [0.3, 0.4) is 0 Å². The Bertz CT molecular complexity index is 421. The van der Waals surface area contributed by atoms with Crippen molar-refractivity contribution in [2.45, 2.75) is 19.0 Å². The van der Waals surface area contributed by atoms with Gasteiger partial charge in [0.25, 0.3) is 0 Å². The number of benzene rings is 1. The van der Waals surface area contributed by atoms with Gasteiger partial charge in [-0.3, -0.25) is 0 Å². The summed E-state index contributed by atoms with van der Waals surface area (Å²) in [7, 11) is 0. The lowest BCUT2D eigenvalue weighted by atomic mass is 10.0. The van der Waals surface area contributed by atoms with Crippen molar-refractivity contribution in [3.8, 4) is 0 Å². The molecular weight excluding hydrogens is 219 g/mol. The van der Waals surface area contributed by atoms with E-state index in [2.05, 4.69) is 5.16 Å². The van der Waals surface area contributed by atoms with Gasteiger partial charge in [-0.05, 0) is 25.0 Å². The molecule has 2 nitrogen and oxygen atoms in total. The Labute approximate surface area is 90.4 Å². The van der Waals surface area contributed by atoms with E-state index in [1.165, 1.54) is 12.1 Å². The molecule has 0 radical (unpaired) electrons. The molecule has 86 valence electrons. The van der Waals surface area contributed by atoms with Crippen LogP contribution in [0.4, 0.5) is 13.2 Å². The zero-order valence-electron chi connectivity index (χ0n) is 8.33. The van der Waals surface area contributed by atoms with Crippen molar-refractivity contribution in [2.24, 2.45) is 11.1 Å². The van der Waals surface area contributed by atoms with Crippen LogP contribution in [0.15, 0.2) is 29.4 Å². The number of oxime groups is 1. The van der Waals surface area contributed by atoms with Crippen LogP contribution < -0.4 is 0 Å². The Morgan fingerprint density at radius 1 is 1.31 bits per heavy atom. The first-order chi connectivity index (χ1) is 7.52. The van der Waals surface area contributed by atoms with Gasteiger partial charge in [0, 0.05) is 11.5 Å². The van der Waals surface area contributed by atoms with Gasteiger partial charge in [-0.25, -0.2) is 0 Å². The molecule has 1 N–H and O–H groups in total. The Morgan fingerprint density at radius 3 is 2.50 bits per heavy atom. The van der Waals surface area contributed by atoms with Crippen LogP contribution in [-0.4, -0.2) is 10.9 Å². The zero-order valence-corrected chi connectivity index (χ0v) is 8.33. The molecule has 0 aromatic heterocycles. The van der Waals surface area contributed by atoms with Crippen molar-refractivity contribution in [2.75, 3.05) is 0 Å². The maximum atomic E-state index is 12.4. The number of halogens is 3. The molecule has 0 amide bonds. The highest BCUT2D eigenvalue weighted by Gasteiger charge is 2.33. The van der Waals surface area contributed by atoms with Crippen molar-refractivity contribution in [1.29, 1.82) is 0 Å². The summed E-state index contributed by atoms with van der Waals surface area (Å²) < 4.78 is 37.3. The Hall–Kier alpha value is -1.52. The topological polar surface area (TPSA) is 32.6 Å². The third-order valence-electron chi connectivity index (χ3n) is 2.56. The molecule has 0 atom stereocenters. The molecular formula is C11H10F3NO. The Morgan fingerprint density at radius 2 is 2.00 bits per heavy atom. The highest BCUT2D eigenvalue weighted by molar-refractivity contribution is 6.03. The summed E-state index contributed by atoms with van der Waals surface area (Å²) in [6.07, 6.45) is -2.62. The average Bonchev–Trinajstić information content (AvgIpc) is 3.02. The molecule has 0 unspecified atom stereocenters. The van der Waals surface area contributed by atoms with Crippen LogP contribution in [0.5, 0.6) is 0 Å². The van der Waals surface area contributed by atoms with E-state index in [1.54, 1.807) is 0 Å². The normalized spacial score (nSPS) is 17.6. The quantitative estimate of drug-likeness (QED) is 0.471. The highest BCUT2D eigenvalue weighted by Crippen LogP contribution is 2.35.